The third-order valence-electron chi connectivity index (χ3n) is 2.25. The number of benzene rings is 1. The van der Waals surface area contributed by atoms with Gasteiger partial charge in [0.05, 0.1) is 0 Å². The first-order chi connectivity index (χ1) is 7.41. The van der Waals surface area contributed by atoms with Crippen LogP contribution in [-0.4, -0.2) is 23.0 Å². The molecule has 0 saturated carbocycles. The Hall–Kier alpha value is -2.04. The number of aliphatic carboxylic acids is 1. The van der Waals surface area contributed by atoms with Gasteiger partial charge in [-0.15, -0.1) is 0 Å². The van der Waals surface area contributed by atoms with Crippen LogP contribution in [0.4, 0.5) is 5.69 Å². The van der Waals surface area contributed by atoms with Crippen molar-refractivity contribution in [3.8, 4) is 0 Å². The quantitative estimate of drug-likeness (QED) is 0.708. The second-order valence-electron chi connectivity index (χ2n) is 3.60. The topological polar surface area (TPSA) is 92.4 Å². The SMILES string of the molecule is Cc1cc(C(N)=O)ccc1NC(C)C(=O)O. The number of rotatable bonds is 4. The van der Waals surface area contributed by atoms with Gasteiger partial charge in [0.2, 0.25) is 5.91 Å². The molecule has 0 aliphatic carbocycles. The zero-order valence-electron chi connectivity index (χ0n) is 9.15. The molecule has 1 rings (SSSR count). The van der Waals surface area contributed by atoms with Crippen molar-refractivity contribution in [2.75, 3.05) is 5.32 Å². The van der Waals surface area contributed by atoms with Gasteiger partial charge in [-0.05, 0) is 37.6 Å². The Labute approximate surface area is 93.3 Å². The molecule has 0 bridgehead atoms. The highest BCUT2D eigenvalue weighted by Gasteiger charge is 2.12. The Morgan fingerprint density at radius 2 is 2.06 bits per heavy atom. The van der Waals surface area contributed by atoms with E-state index in [2.05, 4.69) is 5.32 Å². The van der Waals surface area contributed by atoms with Crippen molar-refractivity contribution in [2.24, 2.45) is 5.73 Å². The van der Waals surface area contributed by atoms with E-state index in [4.69, 9.17) is 10.8 Å². The second-order valence-corrected chi connectivity index (χ2v) is 3.60. The lowest BCUT2D eigenvalue weighted by Gasteiger charge is -2.13. The van der Waals surface area contributed by atoms with E-state index in [9.17, 15) is 9.59 Å². The average molecular weight is 222 g/mol. The standard InChI is InChI=1S/C11H14N2O3/c1-6-5-8(10(12)14)3-4-9(6)13-7(2)11(15)16/h3-5,7,13H,1-2H3,(H2,12,14)(H,15,16). The Morgan fingerprint density at radius 3 is 2.50 bits per heavy atom. The van der Waals surface area contributed by atoms with Gasteiger partial charge in [0, 0.05) is 11.3 Å². The normalized spacial score (nSPS) is 11.9. The molecule has 16 heavy (non-hydrogen) atoms. The molecule has 1 atom stereocenters. The number of nitrogens with one attached hydrogen (secondary N) is 1. The fourth-order valence-corrected chi connectivity index (χ4v) is 1.27. The molecule has 0 saturated heterocycles. The summed E-state index contributed by atoms with van der Waals surface area (Å²) in [4.78, 5) is 21.6. The maximum absolute atomic E-state index is 10.9. The molecule has 0 aromatic heterocycles. The summed E-state index contributed by atoms with van der Waals surface area (Å²) >= 11 is 0. The average Bonchev–Trinajstić information content (AvgIpc) is 2.20. The lowest BCUT2D eigenvalue weighted by Crippen LogP contribution is -2.25. The van der Waals surface area contributed by atoms with Crippen LogP contribution in [0.5, 0.6) is 0 Å². The number of aryl methyl sites for hydroxylation is 1. The number of carboxylic acids is 1. The molecule has 5 nitrogen and oxygen atoms in total. The van der Waals surface area contributed by atoms with Crippen LogP contribution in [0.3, 0.4) is 0 Å². The summed E-state index contributed by atoms with van der Waals surface area (Å²) < 4.78 is 0. The van der Waals surface area contributed by atoms with Crippen LogP contribution in [0.25, 0.3) is 0 Å². The zero-order chi connectivity index (χ0) is 12.3. The van der Waals surface area contributed by atoms with E-state index in [0.717, 1.165) is 5.56 Å². The van der Waals surface area contributed by atoms with Gasteiger partial charge in [-0.2, -0.15) is 0 Å². The molecular weight excluding hydrogens is 208 g/mol. The smallest absolute Gasteiger partial charge is 0.325 e. The predicted molar refractivity (Wildman–Crippen MR) is 60.4 cm³/mol. The molecule has 1 unspecified atom stereocenters. The first kappa shape index (κ1) is 12.0. The summed E-state index contributed by atoms with van der Waals surface area (Å²) in [5, 5.41) is 11.6. The molecule has 1 amide bonds. The Kier molecular flexibility index (Phi) is 3.50. The van der Waals surface area contributed by atoms with E-state index in [1.807, 2.05) is 0 Å². The number of carbonyl (C=O) groups is 2. The molecule has 4 N–H and O–H groups in total. The van der Waals surface area contributed by atoms with Crippen LogP contribution in [-0.2, 0) is 4.79 Å². The summed E-state index contributed by atoms with van der Waals surface area (Å²) in [5.41, 5.74) is 7.00. The highest BCUT2D eigenvalue weighted by atomic mass is 16.4. The number of amides is 1. The van der Waals surface area contributed by atoms with Crippen molar-refractivity contribution in [3.05, 3.63) is 29.3 Å². The Bertz CT molecular complexity index is 429. The molecule has 86 valence electrons. The molecule has 1 aromatic rings. The molecule has 0 fully saturated rings. The highest BCUT2D eigenvalue weighted by Crippen LogP contribution is 2.17. The van der Waals surface area contributed by atoms with E-state index in [0.29, 0.717) is 11.3 Å². The molecule has 0 radical (unpaired) electrons. The minimum absolute atomic E-state index is 0.408. The molecule has 0 heterocycles. The largest absolute Gasteiger partial charge is 0.480 e. The van der Waals surface area contributed by atoms with Crippen LogP contribution in [0.15, 0.2) is 18.2 Å². The van der Waals surface area contributed by atoms with Crippen molar-refractivity contribution in [1.29, 1.82) is 0 Å². The van der Waals surface area contributed by atoms with Gasteiger partial charge in [0.15, 0.2) is 0 Å². The predicted octanol–water partition coefficient (Wildman–Crippen LogP) is 0.979. The van der Waals surface area contributed by atoms with Gasteiger partial charge in [0.25, 0.3) is 0 Å². The molecule has 0 aliphatic heterocycles. The molecule has 1 aromatic carbocycles. The zero-order valence-corrected chi connectivity index (χ0v) is 9.15. The minimum atomic E-state index is -0.932. The first-order valence-corrected chi connectivity index (χ1v) is 4.81. The van der Waals surface area contributed by atoms with E-state index < -0.39 is 17.9 Å². The van der Waals surface area contributed by atoms with Gasteiger partial charge in [0.1, 0.15) is 6.04 Å². The highest BCUT2D eigenvalue weighted by molar-refractivity contribution is 5.93. The molecule has 5 heteroatoms. The maximum atomic E-state index is 10.9. The maximum Gasteiger partial charge on any atom is 0.325 e. The summed E-state index contributed by atoms with van der Waals surface area (Å²) in [6, 6.07) is 4.15. The van der Waals surface area contributed by atoms with Gasteiger partial charge in [-0.1, -0.05) is 0 Å². The number of hydrogen-bond acceptors (Lipinski definition) is 3. The van der Waals surface area contributed by atoms with Gasteiger partial charge >= 0.3 is 5.97 Å². The van der Waals surface area contributed by atoms with Crippen LogP contribution in [0.2, 0.25) is 0 Å². The summed E-state index contributed by atoms with van der Waals surface area (Å²) in [6.45, 7) is 3.33. The fourth-order valence-electron chi connectivity index (χ4n) is 1.27. The Morgan fingerprint density at radius 1 is 1.44 bits per heavy atom. The number of hydrogen-bond donors (Lipinski definition) is 3. The van der Waals surface area contributed by atoms with Crippen LogP contribution >= 0.6 is 0 Å². The second kappa shape index (κ2) is 4.65. The van der Waals surface area contributed by atoms with Crippen molar-refractivity contribution < 1.29 is 14.7 Å². The lowest BCUT2D eigenvalue weighted by molar-refractivity contribution is -0.137. The first-order valence-electron chi connectivity index (χ1n) is 4.81. The van der Waals surface area contributed by atoms with Crippen LogP contribution in [0, 0.1) is 6.92 Å². The third kappa shape index (κ3) is 2.73. The fraction of sp³-hybridized carbons (Fsp3) is 0.273. The van der Waals surface area contributed by atoms with E-state index in [1.54, 1.807) is 32.0 Å². The molecular formula is C11H14N2O3. The molecule has 0 spiro atoms. The number of nitrogens with two attached hydrogens (primary N) is 1. The van der Waals surface area contributed by atoms with Gasteiger partial charge in [-0.3, -0.25) is 9.59 Å². The van der Waals surface area contributed by atoms with Crippen LogP contribution < -0.4 is 11.1 Å². The van der Waals surface area contributed by atoms with Gasteiger partial charge in [-0.25, -0.2) is 0 Å². The minimum Gasteiger partial charge on any atom is -0.480 e. The summed E-state index contributed by atoms with van der Waals surface area (Å²) in [6.07, 6.45) is 0. The van der Waals surface area contributed by atoms with Crippen molar-refractivity contribution in [2.45, 2.75) is 19.9 Å². The van der Waals surface area contributed by atoms with E-state index in [-0.39, 0.29) is 0 Å². The van der Waals surface area contributed by atoms with Gasteiger partial charge < -0.3 is 16.2 Å². The monoisotopic (exact) mass is 222 g/mol. The van der Waals surface area contributed by atoms with Crippen molar-refractivity contribution in [1.82, 2.24) is 0 Å². The van der Waals surface area contributed by atoms with Crippen LogP contribution in [0.1, 0.15) is 22.8 Å². The Balaban J connectivity index is 2.91. The third-order valence-corrected chi connectivity index (χ3v) is 2.25. The number of primary amides is 1. The van der Waals surface area contributed by atoms with E-state index in [1.165, 1.54) is 0 Å². The van der Waals surface area contributed by atoms with Crippen molar-refractivity contribution in [3.63, 3.8) is 0 Å². The van der Waals surface area contributed by atoms with E-state index >= 15 is 0 Å². The summed E-state index contributed by atoms with van der Waals surface area (Å²) in [5.74, 6) is -1.43. The number of carbonyl (C=O) groups excluding carboxylic acids is 1. The summed E-state index contributed by atoms with van der Waals surface area (Å²) in [7, 11) is 0. The van der Waals surface area contributed by atoms with Crippen molar-refractivity contribution >= 4 is 17.6 Å². The lowest BCUT2D eigenvalue weighted by atomic mass is 10.1. The number of anilines is 1. The number of carboxylic acid groups (broad SMARTS) is 1. The molecule has 0 aliphatic rings.